The molecule has 3 N–H and O–H groups in total. The number of primary amides is 1. The Bertz CT molecular complexity index is 1370. The Morgan fingerprint density at radius 1 is 1.15 bits per heavy atom. The molecule has 1 aliphatic rings. The fourth-order valence-corrected chi connectivity index (χ4v) is 7.52. The molecule has 40 heavy (non-hydrogen) atoms. The summed E-state index contributed by atoms with van der Waals surface area (Å²) in [7, 11) is 0. The molecule has 2 unspecified atom stereocenters. The first-order valence-corrected chi connectivity index (χ1v) is 14.3. The highest BCUT2D eigenvalue weighted by molar-refractivity contribution is 14.1. The minimum absolute atomic E-state index is 0.0293. The Morgan fingerprint density at radius 3 is 2.33 bits per heavy atom. The first kappa shape index (κ1) is 32.0. The van der Waals surface area contributed by atoms with Crippen molar-refractivity contribution in [2.45, 2.75) is 39.7 Å². The van der Waals surface area contributed by atoms with Gasteiger partial charge in [0.2, 0.25) is 11.8 Å². The Balaban J connectivity index is 1.92. The van der Waals surface area contributed by atoms with Crippen LogP contribution in [0, 0.1) is 23.7 Å². The van der Waals surface area contributed by atoms with E-state index >= 15 is 0 Å². The second-order valence-electron chi connectivity index (χ2n) is 10.1. The van der Waals surface area contributed by atoms with Crippen molar-refractivity contribution in [1.82, 2.24) is 9.78 Å². The number of halogens is 7. The maximum absolute atomic E-state index is 13.6. The zero-order valence-corrected chi connectivity index (χ0v) is 24.8. The molecule has 6 nitrogen and oxygen atoms in total. The van der Waals surface area contributed by atoms with E-state index in [1.54, 1.807) is 25.2 Å². The van der Waals surface area contributed by atoms with Crippen LogP contribution >= 0.6 is 34.4 Å². The van der Waals surface area contributed by atoms with Gasteiger partial charge in [-0.05, 0) is 64.1 Å². The number of nitrogens with two attached hydrogens (primary N) is 1. The van der Waals surface area contributed by atoms with Crippen molar-refractivity contribution in [3.05, 3.63) is 68.6 Å². The molecule has 0 aliphatic heterocycles. The Kier molecular flexibility index (Phi) is 9.14. The monoisotopic (exact) mass is 700 g/mol. The van der Waals surface area contributed by atoms with E-state index in [0.29, 0.717) is 20.6 Å². The smallest absolute Gasteiger partial charge is 0.369 e. The molecule has 0 spiro atoms. The molecule has 1 aliphatic carbocycles. The average Bonchev–Trinajstić information content (AvgIpc) is 3.25. The van der Waals surface area contributed by atoms with Crippen molar-refractivity contribution >= 4 is 51.9 Å². The van der Waals surface area contributed by atoms with Crippen LogP contribution in [0.3, 0.4) is 0 Å². The van der Waals surface area contributed by atoms with E-state index in [9.17, 15) is 35.9 Å². The van der Waals surface area contributed by atoms with Crippen LogP contribution in [0.1, 0.15) is 36.4 Å². The topological polar surface area (TPSA) is 90.0 Å². The van der Waals surface area contributed by atoms with Crippen LogP contribution in [0.2, 0.25) is 0 Å². The molecule has 2 aromatic rings. The van der Waals surface area contributed by atoms with Gasteiger partial charge in [0.25, 0.3) is 0 Å². The molecule has 0 fully saturated rings. The van der Waals surface area contributed by atoms with Gasteiger partial charge in [-0.1, -0.05) is 44.2 Å². The molecular weight excluding hydrogens is 673 g/mol. The number of amides is 2. The Morgan fingerprint density at radius 2 is 1.80 bits per heavy atom. The number of nitrogens with zero attached hydrogens (tertiary/aromatic N) is 2. The summed E-state index contributed by atoms with van der Waals surface area (Å²) in [6, 6.07) is 4.25. The predicted octanol–water partition coefficient (Wildman–Crippen LogP) is 6.58. The highest BCUT2D eigenvalue weighted by Gasteiger charge is 2.59. The maximum atomic E-state index is 13.6. The van der Waals surface area contributed by atoms with E-state index in [4.69, 9.17) is 5.73 Å². The van der Waals surface area contributed by atoms with Gasteiger partial charge in [0.05, 0.1) is 12.5 Å². The van der Waals surface area contributed by atoms with Crippen molar-refractivity contribution in [3.8, 4) is 0 Å². The number of carbonyl (C=O) groups is 2. The molecule has 2 amide bonds. The maximum Gasteiger partial charge on any atom is 0.435 e. The summed E-state index contributed by atoms with van der Waals surface area (Å²) in [5, 5.41) is 5.91. The van der Waals surface area contributed by atoms with Gasteiger partial charge in [-0.15, -0.1) is 0 Å². The van der Waals surface area contributed by atoms with Crippen LogP contribution in [0.15, 0.2) is 46.1 Å². The van der Waals surface area contributed by atoms with Crippen LogP contribution < -0.4 is 11.1 Å². The lowest BCUT2D eigenvalue weighted by atomic mass is 9.57. The van der Waals surface area contributed by atoms with Gasteiger partial charge in [0.15, 0.2) is 5.69 Å². The first-order chi connectivity index (χ1) is 18.4. The van der Waals surface area contributed by atoms with Crippen LogP contribution in [0.5, 0.6) is 0 Å². The Labute approximate surface area is 245 Å². The number of hydrogen-bond acceptors (Lipinski definition) is 4. The predicted molar refractivity (Wildman–Crippen MR) is 150 cm³/mol. The van der Waals surface area contributed by atoms with E-state index < -0.39 is 58.8 Å². The van der Waals surface area contributed by atoms with E-state index in [0.717, 1.165) is 0 Å². The van der Waals surface area contributed by atoms with Crippen LogP contribution in [-0.4, -0.2) is 33.6 Å². The highest BCUT2D eigenvalue weighted by atomic mass is 127. The van der Waals surface area contributed by atoms with Crippen molar-refractivity contribution < 1.29 is 35.9 Å². The number of alkyl halides is 6. The third kappa shape index (κ3) is 6.06. The van der Waals surface area contributed by atoms with E-state index in [-0.39, 0.29) is 16.3 Å². The van der Waals surface area contributed by atoms with Crippen LogP contribution in [-0.2, 0) is 28.5 Å². The van der Waals surface area contributed by atoms with E-state index in [1.165, 1.54) is 30.0 Å². The summed E-state index contributed by atoms with van der Waals surface area (Å²) in [6.07, 6.45) is -3.17. The number of allylic oxidation sites excluding steroid dienone is 2. The summed E-state index contributed by atoms with van der Waals surface area (Å²) in [5.74, 6) is -1.59. The number of benzene rings is 1. The van der Waals surface area contributed by atoms with E-state index in [1.807, 2.05) is 42.7 Å². The van der Waals surface area contributed by atoms with Gasteiger partial charge >= 0.3 is 12.4 Å². The minimum atomic E-state index is -5.05. The molecule has 1 aromatic heterocycles. The number of rotatable bonds is 8. The fraction of sp³-hybridized carbons (Fsp3) is 0.423. The third-order valence-electron chi connectivity index (χ3n) is 6.88. The molecule has 0 saturated carbocycles. The summed E-state index contributed by atoms with van der Waals surface area (Å²) < 4.78 is 80.1. The molecule has 0 radical (unpaired) electrons. The number of aryl methyl sites for hydroxylation is 1. The zero-order valence-electron chi connectivity index (χ0n) is 21.9. The van der Waals surface area contributed by atoms with Gasteiger partial charge in [-0.2, -0.15) is 43.2 Å². The highest BCUT2D eigenvalue weighted by Crippen LogP contribution is 2.56. The SMILES string of the molecule is CSCC(C)(C)C1(C(N)=O)C(I)=CC=CC1C(=O)Nc1ccc(Cn2nc(C(F)(F)F)cc2C(F)(F)F)cc1C. The number of aromatic nitrogens is 2. The summed E-state index contributed by atoms with van der Waals surface area (Å²) in [6.45, 7) is 4.75. The molecule has 3 rings (SSSR count). The van der Waals surface area contributed by atoms with Crippen molar-refractivity contribution in [3.63, 3.8) is 0 Å². The van der Waals surface area contributed by atoms with Crippen LogP contribution in [0.25, 0.3) is 0 Å². The van der Waals surface area contributed by atoms with E-state index in [2.05, 4.69) is 10.4 Å². The van der Waals surface area contributed by atoms with Crippen molar-refractivity contribution in [1.29, 1.82) is 0 Å². The lowest BCUT2D eigenvalue weighted by Crippen LogP contribution is -2.57. The normalized spacial score (nSPS) is 19.9. The summed E-state index contributed by atoms with van der Waals surface area (Å²) >= 11 is 3.54. The van der Waals surface area contributed by atoms with Gasteiger partial charge in [-0.3, -0.25) is 14.3 Å². The molecular formula is C26H27F6IN4O2S. The first-order valence-electron chi connectivity index (χ1n) is 11.8. The fourth-order valence-electron chi connectivity index (χ4n) is 5.03. The number of nitrogens with one attached hydrogen (secondary N) is 1. The second kappa shape index (κ2) is 11.4. The van der Waals surface area contributed by atoms with Gasteiger partial charge in [-0.25, -0.2) is 0 Å². The molecule has 2 atom stereocenters. The molecule has 0 bridgehead atoms. The largest absolute Gasteiger partial charge is 0.435 e. The average molecular weight is 700 g/mol. The molecule has 0 saturated heterocycles. The number of carbonyl (C=O) groups excluding carboxylic acids is 2. The minimum Gasteiger partial charge on any atom is -0.369 e. The van der Waals surface area contributed by atoms with Gasteiger partial charge < -0.3 is 11.1 Å². The number of anilines is 1. The lowest BCUT2D eigenvalue weighted by Gasteiger charge is -2.48. The number of hydrogen-bond donors (Lipinski definition) is 2. The third-order valence-corrected chi connectivity index (χ3v) is 9.10. The Hall–Kier alpha value is -2.49. The summed E-state index contributed by atoms with van der Waals surface area (Å²) in [5.41, 5.74) is 1.73. The molecule has 218 valence electrons. The van der Waals surface area contributed by atoms with Gasteiger partial charge in [0.1, 0.15) is 11.1 Å². The zero-order chi connectivity index (χ0) is 30.3. The molecule has 1 aromatic carbocycles. The van der Waals surface area contributed by atoms with Crippen molar-refractivity contribution in [2.24, 2.45) is 22.5 Å². The quantitative estimate of drug-likeness (QED) is 0.241. The van der Waals surface area contributed by atoms with Gasteiger partial charge in [0, 0.05) is 15.3 Å². The molecule has 14 heteroatoms. The number of thioether (sulfide) groups is 1. The van der Waals surface area contributed by atoms with Crippen molar-refractivity contribution in [2.75, 3.05) is 17.3 Å². The lowest BCUT2D eigenvalue weighted by molar-refractivity contribution is -0.144. The van der Waals surface area contributed by atoms with Crippen LogP contribution in [0.4, 0.5) is 32.0 Å². The molecule has 1 heterocycles. The summed E-state index contributed by atoms with van der Waals surface area (Å²) in [4.78, 5) is 26.6. The second-order valence-corrected chi connectivity index (χ2v) is 12.1. The standard InChI is InChI=1S/C26H27F6IN4O2S/c1-14-10-15(12-37-20(26(30,31)32)11-19(36-37)25(27,28)29)8-9-17(14)35-21(38)16-6-5-7-18(33)24(16,22(34)39)23(2,3)13-40-4/h5-11,16H,12-13H2,1-4H3,(H2,34,39)(H,35,38).